The lowest BCUT2D eigenvalue weighted by Gasteiger charge is -2.36. The summed E-state index contributed by atoms with van der Waals surface area (Å²) in [5.41, 5.74) is 9.19. The molecule has 0 unspecified atom stereocenters. The van der Waals surface area contributed by atoms with Gasteiger partial charge in [0.2, 0.25) is 0 Å². The van der Waals surface area contributed by atoms with E-state index in [1.165, 1.54) is 5.56 Å². The first-order valence-electron chi connectivity index (χ1n) is 13.5. The molecule has 0 bridgehead atoms. The Labute approximate surface area is 250 Å². The van der Waals surface area contributed by atoms with E-state index in [0.29, 0.717) is 15.6 Å². The molecule has 212 valence electrons. The third-order valence-electron chi connectivity index (χ3n) is 7.41. The lowest BCUT2D eigenvalue weighted by atomic mass is 10.1. The van der Waals surface area contributed by atoms with Crippen molar-refractivity contribution in [2.75, 3.05) is 38.2 Å². The predicted molar refractivity (Wildman–Crippen MR) is 167 cm³/mol. The molecule has 2 heterocycles. The van der Waals surface area contributed by atoms with E-state index in [4.69, 9.17) is 27.9 Å². The van der Waals surface area contributed by atoms with Crippen LogP contribution in [0.2, 0.25) is 10.0 Å². The second-order valence-electron chi connectivity index (χ2n) is 10.1. The van der Waals surface area contributed by atoms with Crippen LogP contribution < -0.4 is 15.1 Å². The van der Waals surface area contributed by atoms with Gasteiger partial charge in [0.25, 0.3) is 5.91 Å². The molecule has 3 aromatic carbocycles. The number of carbonyl (C=O) groups excluding carboxylic acids is 1. The minimum Gasteiger partial charge on any atom is -0.495 e. The van der Waals surface area contributed by atoms with Crippen LogP contribution in [-0.4, -0.2) is 54.9 Å². The number of halogens is 2. The van der Waals surface area contributed by atoms with Crippen LogP contribution in [0.1, 0.15) is 32.9 Å². The standard InChI is InChI=1S/C32H33Cl2N5O2/c1-22-18-26(23(2)39(22)29-13-12-27(33)19-28(29)34)20-35-36-32(40)25-10-8-24(9-11-25)21-37-14-16-38(17-15-37)30-6-4-5-7-31(30)41-3/h4-13,18-20H,14-17,21H2,1-3H3,(H,36,40)/b35-20-. The number of hydrogen-bond donors (Lipinski definition) is 1. The van der Waals surface area contributed by atoms with Crippen molar-refractivity contribution in [3.8, 4) is 11.4 Å². The first-order valence-corrected chi connectivity index (χ1v) is 14.3. The molecule has 1 aromatic heterocycles. The summed E-state index contributed by atoms with van der Waals surface area (Å²) in [4.78, 5) is 17.5. The van der Waals surface area contributed by atoms with E-state index in [1.807, 2.05) is 79.1 Å². The molecular weight excluding hydrogens is 557 g/mol. The third kappa shape index (κ3) is 6.59. The zero-order valence-corrected chi connectivity index (χ0v) is 24.9. The van der Waals surface area contributed by atoms with E-state index in [1.54, 1.807) is 19.4 Å². The molecule has 1 saturated heterocycles. The number of aryl methyl sites for hydroxylation is 1. The van der Waals surface area contributed by atoms with E-state index in [0.717, 1.165) is 66.8 Å². The molecule has 0 saturated carbocycles. The minimum absolute atomic E-state index is 0.257. The molecule has 0 aliphatic carbocycles. The minimum atomic E-state index is -0.257. The first-order chi connectivity index (χ1) is 19.8. The lowest BCUT2D eigenvalue weighted by Crippen LogP contribution is -2.46. The van der Waals surface area contributed by atoms with Gasteiger partial charge in [-0.2, -0.15) is 5.10 Å². The Morgan fingerprint density at radius 1 is 0.951 bits per heavy atom. The highest BCUT2D eigenvalue weighted by Crippen LogP contribution is 2.29. The second-order valence-corrected chi connectivity index (χ2v) is 10.9. The number of ether oxygens (including phenoxy) is 1. The fraction of sp³-hybridized carbons (Fsp3) is 0.250. The number of piperazine rings is 1. The van der Waals surface area contributed by atoms with Crippen molar-refractivity contribution in [1.82, 2.24) is 14.9 Å². The summed E-state index contributed by atoms with van der Waals surface area (Å²) in [6, 6.07) is 23.3. The van der Waals surface area contributed by atoms with Gasteiger partial charge in [-0.25, -0.2) is 5.43 Å². The normalized spacial score (nSPS) is 14.0. The Hall–Kier alpha value is -3.78. The molecule has 41 heavy (non-hydrogen) atoms. The summed E-state index contributed by atoms with van der Waals surface area (Å²) in [5, 5.41) is 5.36. The van der Waals surface area contributed by atoms with Gasteiger partial charge < -0.3 is 14.2 Å². The summed E-state index contributed by atoms with van der Waals surface area (Å²) in [7, 11) is 1.71. The number of carbonyl (C=O) groups is 1. The van der Waals surface area contributed by atoms with Crippen molar-refractivity contribution < 1.29 is 9.53 Å². The average molecular weight is 591 g/mol. The highest BCUT2D eigenvalue weighted by atomic mass is 35.5. The molecule has 1 N–H and O–H groups in total. The molecule has 0 radical (unpaired) electrons. The molecule has 1 fully saturated rings. The van der Waals surface area contributed by atoms with E-state index in [-0.39, 0.29) is 5.91 Å². The molecule has 0 atom stereocenters. The maximum Gasteiger partial charge on any atom is 0.271 e. The summed E-state index contributed by atoms with van der Waals surface area (Å²) >= 11 is 12.5. The number of nitrogens with one attached hydrogen (secondary N) is 1. The monoisotopic (exact) mass is 589 g/mol. The highest BCUT2D eigenvalue weighted by Gasteiger charge is 2.20. The summed E-state index contributed by atoms with van der Waals surface area (Å²) < 4.78 is 7.57. The molecule has 7 nitrogen and oxygen atoms in total. The van der Waals surface area contributed by atoms with Crippen LogP contribution in [-0.2, 0) is 6.54 Å². The predicted octanol–water partition coefficient (Wildman–Crippen LogP) is 6.50. The number of nitrogens with zero attached hydrogens (tertiary/aromatic N) is 4. The van der Waals surface area contributed by atoms with Crippen molar-refractivity contribution in [3.05, 3.63) is 111 Å². The van der Waals surface area contributed by atoms with E-state index < -0.39 is 0 Å². The van der Waals surface area contributed by atoms with Gasteiger partial charge in [-0.3, -0.25) is 9.69 Å². The van der Waals surface area contributed by atoms with Crippen LogP contribution >= 0.6 is 23.2 Å². The van der Waals surface area contributed by atoms with Crippen LogP contribution in [0.4, 0.5) is 5.69 Å². The zero-order valence-electron chi connectivity index (χ0n) is 23.4. The molecule has 1 aliphatic rings. The maximum atomic E-state index is 12.7. The van der Waals surface area contributed by atoms with E-state index >= 15 is 0 Å². The topological polar surface area (TPSA) is 62.1 Å². The molecular formula is C32H33Cl2N5O2. The first kappa shape index (κ1) is 28.7. The van der Waals surface area contributed by atoms with Gasteiger partial charge in [0.1, 0.15) is 5.75 Å². The quantitative estimate of drug-likeness (QED) is 0.188. The third-order valence-corrected chi connectivity index (χ3v) is 7.95. The van der Waals surface area contributed by atoms with E-state index in [9.17, 15) is 4.79 Å². The van der Waals surface area contributed by atoms with Crippen molar-refractivity contribution in [2.45, 2.75) is 20.4 Å². The van der Waals surface area contributed by atoms with Crippen LogP contribution in [0.3, 0.4) is 0 Å². The number of anilines is 1. The Morgan fingerprint density at radius 3 is 2.39 bits per heavy atom. The van der Waals surface area contributed by atoms with Crippen LogP contribution in [0, 0.1) is 13.8 Å². The molecule has 1 amide bonds. The van der Waals surface area contributed by atoms with Gasteiger partial charge in [-0.1, -0.05) is 47.5 Å². The number of hydrazone groups is 1. The van der Waals surface area contributed by atoms with Crippen molar-refractivity contribution in [1.29, 1.82) is 0 Å². The summed E-state index contributed by atoms with van der Waals surface area (Å²) in [5.74, 6) is 0.651. The van der Waals surface area contributed by atoms with Crippen molar-refractivity contribution >= 4 is 41.0 Å². The van der Waals surface area contributed by atoms with Gasteiger partial charge in [-0.05, 0) is 67.9 Å². The number of hydrogen-bond acceptors (Lipinski definition) is 5. The average Bonchev–Trinajstić information content (AvgIpc) is 3.26. The van der Waals surface area contributed by atoms with Gasteiger partial charge >= 0.3 is 0 Å². The van der Waals surface area contributed by atoms with E-state index in [2.05, 4.69) is 26.4 Å². The number of aromatic nitrogens is 1. The number of rotatable bonds is 8. The summed E-state index contributed by atoms with van der Waals surface area (Å²) in [6.07, 6.45) is 1.65. The van der Waals surface area contributed by atoms with Gasteiger partial charge in [0.05, 0.1) is 29.7 Å². The Bertz CT molecular complexity index is 1560. The summed E-state index contributed by atoms with van der Waals surface area (Å²) in [6.45, 7) is 8.61. The van der Waals surface area contributed by atoms with Crippen LogP contribution in [0.5, 0.6) is 5.75 Å². The molecule has 9 heteroatoms. The van der Waals surface area contributed by atoms with Crippen molar-refractivity contribution in [3.63, 3.8) is 0 Å². The fourth-order valence-electron chi connectivity index (χ4n) is 5.23. The molecule has 1 aliphatic heterocycles. The number of methoxy groups -OCH3 is 1. The van der Waals surface area contributed by atoms with Gasteiger partial charge in [0, 0.05) is 60.3 Å². The largest absolute Gasteiger partial charge is 0.495 e. The molecule has 4 aromatic rings. The Morgan fingerprint density at radius 2 is 1.68 bits per heavy atom. The number of para-hydroxylation sites is 2. The Kier molecular flexibility index (Phi) is 8.98. The Balaban J connectivity index is 1.15. The lowest BCUT2D eigenvalue weighted by molar-refractivity contribution is 0.0955. The van der Waals surface area contributed by atoms with Gasteiger partial charge in [0.15, 0.2) is 0 Å². The number of benzene rings is 3. The molecule has 0 spiro atoms. The zero-order chi connectivity index (χ0) is 28.9. The maximum absolute atomic E-state index is 12.7. The van der Waals surface area contributed by atoms with Gasteiger partial charge in [-0.15, -0.1) is 0 Å². The smallest absolute Gasteiger partial charge is 0.271 e. The fourth-order valence-corrected chi connectivity index (χ4v) is 5.73. The van der Waals surface area contributed by atoms with Crippen molar-refractivity contribution in [2.24, 2.45) is 5.10 Å². The highest BCUT2D eigenvalue weighted by molar-refractivity contribution is 6.35. The second kappa shape index (κ2) is 12.8. The van der Waals surface area contributed by atoms with Crippen LogP contribution in [0.15, 0.2) is 77.9 Å². The number of amides is 1. The van der Waals surface area contributed by atoms with Crippen LogP contribution in [0.25, 0.3) is 5.69 Å². The molecule has 5 rings (SSSR count). The SMILES string of the molecule is COc1ccccc1N1CCN(Cc2ccc(C(=O)N/N=C\c3cc(C)n(-c4ccc(Cl)cc4Cl)c3C)cc2)CC1.